The molecule has 0 aliphatic heterocycles. The maximum absolute atomic E-state index is 13.6. The third-order valence-electron chi connectivity index (χ3n) is 6.02. The Bertz CT molecular complexity index is 990. The van der Waals surface area contributed by atoms with E-state index in [0.29, 0.717) is 5.56 Å². The highest BCUT2D eigenvalue weighted by Gasteiger charge is 2.36. The van der Waals surface area contributed by atoms with E-state index in [1.54, 1.807) is 24.3 Å². The monoisotopic (exact) mass is 495 g/mol. The lowest BCUT2D eigenvalue weighted by atomic mass is 9.94. The van der Waals surface area contributed by atoms with E-state index in [2.05, 4.69) is 5.32 Å². The number of halogens is 4. The number of hydrogen-bond acceptors (Lipinski definition) is 3. The summed E-state index contributed by atoms with van der Waals surface area (Å²) in [7, 11) is 3.74. The minimum Gasteiger partial charge on any atom is -0.378 e. The molecule has 0 spiro atoms. The fourth-order valence-electron chi connectivity index (χ4n) is 4.23. The second-order valence-electron chi connectivity index (χ2n) is 8.68. The lowest BCUT2D eigenvalue weighted by Crippen LogP contribution is -2.47. The summed E-state index contributed by atoms with van der Waals surface area (Å²) in [5, 5.41) is 3.02. The van der Waals surface area contributed by atoms with Crippen molar-refractivity contribution in [1.82, 2.24) is 5.32 Å². The summed E-state index contributed by atoms with van der Waals surface area (Å²) in [6.45, 7) is 0. The zero-order valence-corrected chi connectivity index (χ0v) is 20.0. The van der Waals surface area contributed by atoms with E-state index in [1.807, 2.05) is 19.0 Å². The van der Waals surface area contributed by atoms with Gasteiger partial charge in [0.25, 0.3) is 0 Å². The molecule has 0 heterocycles. The molecular weight excluding hydrogens is 467 g/mol. The number of carbonyl (C=O) groups is 2. The molecule has 1 N–H and O–H groups in total. The van der Waals surface area contributed by atoms with E-state index >= 15 is 0 Å². The second-order valence-corrected chi connectivity index (χ2v) is 8.94. The summed E-state index contributed by atoms with van der Waals surface area (Å²) in [4.78, 5) is 29.5. The first-order chi connectivity index (χ1) is 16.1. The van der Waals surface area contributed by atoms with Gasteiger partial charge in [-0.2, -0.15) is 13.2 Å². The Morgan fingerprint density at radius 3 is 2.24 bits per heavy atom. The first-order valence-electron chi connectivity index (χ1n) is 11.2. The molecule has 9 heteroatoms. The summed E-state index contributed by atoms with van der Waals surface area (Å²) < 4.78 is 40.2. The normalized spacial score (nSPS) is 15.5. The molecule has 1 fully saturated rings. The van der Waals surface area contributed by atoms with Crippen molar-refractivity contribution >= 4 is 34.8 Å². The van der Waals surface area contributed by atoms with Crippen LogP contribution in [0.15, 0.2) is 48.5 Å². The molecule has 0 bridgehead atoms. The molecule has 1 aliphatic carbocycles. The van der Waals surface area contributed by atoms with E-state index in [4.69, 9.17) is 11.6 Å². The summed E-state index contributed by atoms with van der Waals surface area (Å²) >= 11 is 5.87. The lowest BCUT2D eigenvalue weighted by Gasteiger charge is -2.33. The highest BCUT2D eigenvalue weighted by molar-refractivity contribution is 6.29. The summed E-state index contributed by atoms with van der Waals surface area (Å²) in [6, 6.07) is 10.2. The molecule has 1 unspecified atom stereocenters. The van der Waals surface area contributed by atoms with E-state index < -0.39 is 35.5 Å². The van der Waals surface area contributed by atoms with Crippen LogP contribution in [-0.2, 0) is 15.8 Å². The molecule has 1 aliphatic rings. The van der Waals surface area contributed by atoms with Crippen LogP contribution in [-0.4, -0.2) is 37.8 Å². The second kappa shape index (κ2) is 11.1. The molecule has 2 aromatic rings. The van der Waals surface area contributed by atoms with Crippen LogP contribution < -0.4 is 15.1 Å². The minimum atomic E-state index is -4.60. The Morgan fingerprint density at radius 2 is 1.68 bits per heavy atom. The summed E-state index contributed by atoms with van der Waals surface area (Å²) in [5.74, 6) is -1.60. The van der Waals surface area contributed by atoms with Crippen LogP contribution in [0.5, 0.6) is 0 Å². The molecule has 184 valence electrons. The van der Waals surface area contributed by atoms with Gasteiger partial charge in [0.15, 0.2) is 0 Å². The fourth-order valence-corrected chi connectivity index (χ4v) is 4.36. The van der Waals surface area contributed by atoms with Crippen molar-refractivity contribution in [2.24, 2.45) is 0 Å². The van der Waals surface area contributed by atoms with Gasteiger partial charge in [-0.05, 0) is 48.7 Å². The Hall–Kier alpha value is -2.74. The van der Waals surface area contributed by atoms with Crippen LogP contribution in [0.1, 0.15) is 49.3 Å². The molecule has 3 rings (SSSR count). The van der Waals surface area contributed by atoms with Gasteiger partial charge >= 0.3 is 6.18 Å². The predicted molar refractivity (Wildman–Crippen MR) is 128 cm³/mol. The summed E-state index contributed by atoms with van der Waals surface area (Å²) in [5.41, 5.74) is 0.409. The van der Waals surface area contributed by atoms with Crippen molar-refractivity contribution in [3.8, 4) is 0 Å². The predicted octanol–water partition coefficient (Wildman–Crippen LogP) is 5.53. The van der Waals surface area contributed by atoms with Crippen molar-refractivity contribution in [3.05, 3.63) is 59.7 Å². The summed E-state index contributed by atoms with van der Waals surface area (Å²) in [6.07, 6.45) is 0.133. The largest absolute Gasteiger partial charge is 0.416 e. The molecule has 34 heavy (non-hydrogen) atoms. The average Bonchev–Trinajstić information content (AvgIpc) is 2.82. The van der Waals surface area contributed by atoms with Gasteiger partial charge in [-0.15, -0.1) is 11.6 Å². The SMILES string of the molecule is CN(C)c1ccc(C(C(=O)NC2CCCCC2)N(C(=O)CCl)c2cccc(C(F)(F)F)c2)cc1. The Balaban J connectivity index is 2.08. The van der Waals surface area contributed by atoms with Gasteiger partial charge in [0, 0.05) is 31.5 Å². The molecule has 0 saturated heterocycles. The molecule has 2 amide bonds. The van der Waals surface area contributed by atoms with Crippen LogP contribution in [0.4, 0.5) is 24.5 Å². The van der Waals surface area contributed by atoms with Crippen LogP contribution in [0, 0.1) is 0 Å². The van der Waals surface area contributed by atoms with E-state index in [1.165, 1.54) is 12.1 Å². The smallest absolute Gasteiger partial charge is 0.378 e. The number of rotatable bonds is 7. The number of nitrogens with zero attached hydrogens (tertiary/aromatic N) is 2. The first-order valence-corrected chi connectivity index (χ1v) is 11.8. The number of alkyl halides is 4. The van der Waals surface area contributed by atoms with Crippen LogP contribution in [0.2, 0.25) is 0 Å². The van der Waals surface area contributed by atoms with Crippen molar-refractivity contribution in [2.45, 2.75) is 50.4 Å². The maximum Gasteiger partial charge on any atom is 0.416 e. The number of nitrogens with one attached hydrogen (secondary N) is 1. The van der Waals surface area contributed by atoms with E-state index in [9.17, 15) is 22.8 Å². The van der Waals surface area contributed by atoms with Crippen molar-refractivity contribution in [3.63, 3.8) is 0 Å². The Morgan fingerprint density at radius 1 is 1.03 bits per heavy atom. The third-order valence-corrected chi connectivity index (χ3v) is 6.25. The highest BCUT2D eigenvalue weighted by Crippen LogP contribution is 2.35. The van der Waals surface area contributed by atoms with Gasteiger partial charge in [-0.25, -0.2) is 0 Å². The molecule has 0 radical (unpaired) electrons. The minimum absolute atomic E-state index is 0.0408. The van der Waals surface area contributed by atoms with Crippen LogP contribution in [0.25, 0.3) is 0 Å². The average molecular weight is 496 g/mol. The van der Waals surface area contributed by atoms with Gasteiger partial charge in [0.2, 0.25) is 11.8 Å². The van der Waals surface area contributed by atoms with Crippen LogP contribution >= 0.6 is 11.6 Å². The molecule has 5 nitrogen and oxygen atoms in total. The topological polar surface area (TPSA) is 52.7 Å². The maximum atomic E-state index is 13.6. The van der Waals surface area contributed by atoms with Crippen LogP contribution in [0.3, 0.4) is 0 Å². The van der Waals surface area contributed by atoms with E-state index in [-0.39, 0.29) is 11.7 Å². The molecule has 2 aromatic carbocycles. The molecule has 0 aromatic heterocycles. The van der Waals surface area contributed by atoms with Crippen molar-refractivity contribution in [2.75, 3.05) is 29.8 Å². The van der Waals surface area contributed by atoms with Gasteiger partial charge in [-0.1, -0.05) is 37.5 Å². The standard InChI is InChI=1S/C25H29ClF3N3O2/c1-31(2)20-13-11-17(12-14-20)23(24(34)30-19-8-4-3-5-9-19)32(22(33)16-26)21-10-6-7-18(15-21)25(27,28)29/h6-7,10-15,19,23H,3-5,8-9,16H2,1-2H3,(H,30,34). The first kappa shape index (κ1) is 25.9. The lowest BCUT2D eigenvalue weighted by molar-refractivity contribution is -0.137. The molecular formula is C25H29ClF3N3O2. The fraction of sp³-hybridized carbons (Fsp3) is 0.440. The van der Waals surface area contributed by atoms with Gasteiger partial charge < -0.3 is 10.2 Å². The van der Waals surface area contributed by atoms with E-state index in [0.717, 1.165) is 54.8 Å². The highest BCUT2D eigenvalue weighted by atomic mass is 35.5. The zero-order chi connectivity index (χ0) is 24.9. The van der Waals surface area contributed by atoms with Gasteiger partial charge in [-0.3, -0.25) is 14.5 Å². The Labute approximate surface area is 202 Å². The number of amides is 2. The van der Waals surface area contributed by atoms with Gasteiger partial charge in [0.1, 0.15) is 11.9 Å². The number of benzene rings is 2. The number of hydrogen-bond donors (Lipinski definition) is 1. The van der Waals surface area contributed by atoms with Crippen molar-refractivity contribution < 1.29 is 22.8 Å². The quantitative estimate of drug-likeness (QED) is 0.514. The van der Waals surface area contributed by atoms with Crippen molar-refractivity contribution in [1.29, 1.82) is 0 Å². The van der Waals surface area contributed by atoms with Gasteiger partial charge in [0.05, 0.1) is 5.56 Å². The Kier molecular flexibility index (Phi) is 8.47. The number of carbonyl (C=O) groups excluding carboxylic acids is 2. The molecule has 1 atom stereocenters. The number of anilines is 2. The zero-order valence-electron chi connectivity index (χ0n) is 19.2. The molecule has 1 saturated carbocycles. The third kappa shape index (κ3) is 6.23.